The van der Waals surface area contributed by atoms with Crippen molar-refractivity contribution in [2.45, 2.75) is 89.9 Å². The molecule has 1 aromatic carbocycles. The number of carbonyl (C=O) groups is 2. The summed E-state index contributed by atoms with van der Waals surface area (Å²) in [7, 11) is 0. The summed E-state index contributed by atoms with van der Waals surface area (Å²) in [5.74, 6) is 1.03. The Labute approximate surface area is 215 Å². The molecule has 1 aromatic heterocycles. The van der Waals surface area contributed by atoms with Crippen molar-refractivity contribution >= 4 is 17.5 Å². The minimum atomic E-state index is 0.0658. The number of rotatable bonds is 5. The van der Waals surface area contributed by atoms with Gasteiger partial charge in [-0.25, -0.2) is 0 Å². The number of anilines is 1. The molecular formula is C30H40N4O2. The molecule has 2 unspecified atom stereocenters. The lowest BCUT2D eigenvalue weighted by Gasteiger charge is -2.34. The maximum Gasteiger partial charge on any atom is 0.223 e. The molecule has 2 aliphatic heterocycles. The smallest absolute Gasteiger partial charge is 0.223 e. The molecular weight excluding hydrogens is 448 g/mol. The normalized spacial score (nSPS) is 23.4. The minimum absolute atomic E-state index is 0.0658. The predicted molar refractivity (Wildman–Crippen MR) is 142 cm³/mol. The zero-order chi connectivity index (χ0) is 24.9. The molecule has 0 N–H and O–H groups in total. The van der Waals surface area contributed by atoms with Gasteiger partial charge in [0.15, 0.2) is 0 Å². The largest absolute Gasteiger partial charge is 0.337 e. The molecule has 2 aromatic rings. The molecule has 192 valence electrons. The van der Waals surface area contributed by atoms with E-state index in [0.29, 0.717) is 37.5 Å². The second kappa shape index (κ2) is 11.5. The summed E-state index contributed by atoms with van der Waals surface area (Å²) in [6.45, 7) is 4.53. The van der Waals surface area contributed by atoms with E-state index < -0.39 is 0 Å². The number of amides is 2. The van der Waals surface area contributed by atoms with Crippen molar-refractivity contribution in [1.29, 1.82) is 0 Å². The molecule has 3 heterocycles. The van der Waals surface area contributed by atoms with Crippen LogP contribution in [0.15, 0.2) is 48.8 Å². The van der Waals surface area contributed by atoms with Crippen LogP contribution in [-0.4, -0.2) is 51.8 Å². The second-order valence-electron chi connectivity index (χ2n) is 11.0. The summed E-state index contributed by atoms with van der Waals surface area (Å²) in [5.41, 5.74) is 3.28. The Morgan fingerprint density at radius 3 is 2.47 bits per heavy atom. The fraction of sp³-hybridized carbons (Fsp3) is 0.567. The molecule has 1 aliphatic carbocycles. The number of aromatic nitrogens is 1. The maximum absolute atomic E-state index is 13.7. The summed E-state index contributed by atoms with van der Waals surface area (Å²) in [6, 6.07) is 13.1. The van der Waals surface area contributed by atoms with E-state index in [9.17, 15) is 9.59 Å². The van der Waals surface area contributed by atoms with Gasteiger partial charge in [-0.1, -0.05) is 43.9 Å². The van der Waals surface area contributed by atoms with E-state index in [1.807, 2.05) is 35.5 Å². The number of benzene rings is 1. The highest BCUT2D eigenvalue weighted by Crippen LogP contribution is 2.33. The van der Waals surface area contributed by atoms with Crippen LogP contribution in [0.2, 0.25) is 0 Å². The standard InChI is InChI=1S/C30H40N4O2/c1-23(35)33-19-16-27-11-12-28(34(27)20-25-14-17-31-18-15-25)22-32(21-26-8-4-5-9-29(26)33)30(36)13-10-24-6-2-3-7-24/h4-5,8-9,14-15,17-18,24,27-28H,2-3,6-7,10-13,16,19-22H2,1H3. The van der Waals surface area contributed by atoms with E-state index in [-0.39, 0.29) is 11.8 Å². The maximum atomic E-state index is 13.7. The van der Waals surface area contributed by atoms with Crippen molar-refractivity contribution in [2.24, 2.45) is 5.92 Å². The van der Waals surface area contributed by atoms with Gasteiger partial charge < -0.3 is 9.80 Å². The van der Waals surface area contributed by atoms with Crippen molar-refractivity contribution in [3.8, 4) is 0 Å². The third kappa shape index (κ3) is 5.80. The topological polar surface area (TPSA) is 56.8 Å². The molecule has 2 atom stereocenters. The Morgan fingerprint density at radius 2 is 1.69 bits per heavy atom. The first kappa shape index (κ1) is 24.9. The fourth-order valence-corrected chi connectivity index (χ4v) is 6.61. The highest BCUT2D eigenvalue weighted by atomic mass is 16.2. The Balaban J connectivity index is 1.44. The van der Waals surface area contributed by atoms with Gasteiger partial charge in [0.05, 0.1) is 0 Å². The van der Waals surface area contributed by atoms with Crippen LogP contribution in [0.25, 0.3) is 0 Å². The molecule has 0 radical (unpaired) electrons. The number of hydrogen-bond acceptors (Lipinski definition) is 4. The Hall–Kier alpha value is -2.73. The van der Waals surface area contributed by atoms with Crippen molar-refractivity contribution in [2.75, 3.05) is 18.0 Å². The summed E-state index contributed by atoms with van der Waals surface area (Å²) < 4.78 is 0. The third-order valence-corrected chi connectivity index (χ3v) is 8.62. The lowest BCUT2D eigenvalue weighted by Crippen LogP contribution is -2.45. The highest BCUT2D eigenvalue weighted by molar-refractivity contribution is 5.92. The number of pyridine rings is 1. The zero-order valence-corrected chi connectivity index (χ0v) is 21.6. The number of para-hydroxylation sites is 1. The summed E-state index contributed by atoms with van der Waals surface area (Å²) in [4.78, 5) is 37.3. The fourth-order valence-electron chi connectivity index (χ4n) is 6.61. The number of carbonyl (C=O) groups excluding carboxylic acids is 2. The van der Waals surface area contributed by atoms with Gasteiger partial charge in [-0.2, -0.15) is 0 Å². The molecule has 0 spiro atoms. The summed E-state index contributed by atoms with van der Waals surface area (Å²) in [6.07, 6.45) is 13.6. The first-order valence-corrected chi connectivity index (χ1v) is 13.9. The molecule has 2 bridgehead atoms. The Kier molecular flexibility index (Phi) is 8.00. The van der Waals surface area contributed by atoms with Crippen LogP contribution in [0.5, 0.6) is 0 Å². The van der Waals surface area contributed by atoms with Gasteiger partial charge in [-0.05, 0) is 60.9 Å². The van der Waals surface area contributed by atoms with Crippen molar-refractivity contribution in [3.05, 3.63) is 59.9 Å². The van der Waals surface area contributed by atoms with Gasteiger partial charge in [0, 0.05) is 69.7 Å². The van der Waals surface area contributed by atoms with E-state index in [4.69, 9.17) is 0 Å². The SMILES string of the molecule is CC(=O)N1CCC2CCC(CN(C(=O)CCC3CCCC3)Cc3ccccc31)N2Cc1ccncc1. The van der Waals surface area contributed by atoms with Gasteiger partial charge in [0.25, 0.3) is 0 Å². The molecule has 3 aliphatic rings. The first-order chi connectivity index (χ1) is 17.6. The van der Waals surface area contributed by atoms with Crippen LogP contribution >= 0.6 is 0 Å². The molecule has 1 saturated carbocycles. The molecule has 6 nitrogen and oxygen atoms in total. The van der Waals surface area contributed by atoms with Crippen LogP contribution in [0, 0.1) is 5.92 Å². The minimum Gasteiger partial charge on any atom is -0.337 e. The van der Waals surface area contributed by atoms with E-state index >= 15 is 0 Å². The van der Waals surface area contributed by atoms with Crippen molar-refractivity contribution in [3.63, 3.8) is 0 Å². The third-order valence-electron chi connectivity index (χ3n) is 8.62. The van der Waals surface area contributed by atoms with Gasteiger partial charge in [-0.15, -0.1) is 0 Å². The lowest BCUT2D eigenvalue weighted by molar-refractivity contribution is -0.133. The first-order valence-electron chi connectivity index (χ1n) is 13.9. The average molecular weight is 489 g/mol. The van der Waals surface area contributed by atoms with Crippen LogP contribution in [0.4, 0.5) is 5.69 Å². The second-order valence-corrected chi connectivity index (χ2v) is 11.0. The predicted octanol–water partition coefficient (Wildman–Crippen LogP) is 5.17. The average Bonchev–Trinajstić information content (AvgIpc) is 3.53. The van der Waals surface area contributed by atoms with Gasteiger partial charge in [0.1, 0.15) is 0 Å². The molecule has 36 heavy (non-hydrogen) atoms. The Morgan fingerprint density at radius 1 is 0.944 bits per heavy atom. The molecule has 1 saturated heterocycles. The Bertz CT molecular complexity index is 1040. The summed E-state index contributed by atoms with van der Waals surface area (Å²) >= 11 is 0. The van der Waals surface area contributed by atoms with E-state index in [1.165, 1.54) is 31.2 Å². The van der Waals surface area contributed by atoms with Crippen LogP contribution in [0.3, 0.4) is 0 Å². The molecule has 6 heteroatoms. The molecule has 2 amide bonds. The lowest BCUT2D eigenvalue weighted by atomic mass is 10.0. The van der Waals surface area contributed by atoms with E-state index in [2.05, 4.69) is 33.0 Å². The number of fused-ring (bicyclic) bond motifs is 3. The number of nitrogens with zero attached hydrogens (tertiary/aromatic N) is 4. The van der Waals surface area contributed by atoms with Crippen molar-refractivity contribution in [1.82, 2.24) is 14.8 Å². The molecule has 2 fully saturated rings. The van der Waals surface area contributed by atoms with Crippen LogP contribution < -0.4 is 4.90 Å². The quantitative estimate of drug-likeness (QED) is 0.583. The van der Waals surface area contributed by atoms with Gasteiger partial charge in [-0.3, -0.25) is 19.5 Å². The van der Waals surface area contributed by atoms with Crippen LogP contribution in [-0.2, 0) is 22.7 Å². The molecule has 5 rings (SSSR count). The monoisotopic (exact) mass is 488 g/mol. The van der Waals surface area contributed by atoms with Gasteiger partial charge >= 0.3 is 0 Å². The zero-order valence-electron chi connectivity index (χ0n) is 21.6. The van der Waals surface area contributed by atoms with E-state index in [1.54, 1.807) is 6.92 Å². The highest BCUT2D eigenvalue weighted by Gasteiger charge is 2.36. The van der Waals surface area contributed by atoms with Crippen LogP contribution in [0.1, 0.15) is 75.8 Å². The van der Waals surface area contributed by atoms with E-state index in [0.717, 1.165) is 50.0 Å². The number of hydrogen-bond donors (Lipinski definition) is 0. The summed E-state index contributed by atoms with van der Waals surface area (Å²) in [5, 5.41) is 0. The van der Waals surface area contributed by atoms with Crippen molar-refractivity contribution < 1.29 is 9.59 Å². The van der Waals surface area contributed by atoms with Gasteiger partial charge in [0.2, 0.25) is 11.8 Å².